The largest absolute Gasteiger partial charge is 0.497 e. The van der Waals surface area contributed by atoms with Gasteiger partial charge in [0.1, 0.15) is 11.6 Å². The first-order valence-corrected chi connectivity index (χ1v) is 8.99. The van der Waals surface area contributed by atoms with Crippen molar-refractivity contribution in [3.05, 3.63) is 71.9 Å². The molecule has 0 saturated carbocycles. The second kappa shape index (κ2) is 9.45. The van der Waals surface area contributed by atoms with E-state index in [0.29, 0.717) is 40.9 Å². The first-order valence-electron chi connectivity index (χ1n) is 8.99. The number of methoxy groups -OCH3 is 3. The fourth-order valence-corrected chi connectivity index (χ4v) is 2.70. The molecule has 0 aliphatic heterocycles. The van der Waals surface area contributed by atoms with Crippen LogP contribution in [0.3, 0.4) is 0 Å². The number of pyridine rings is 1. The first kappa shape index (κ1) is 20.0. The summed E-state index contributed by atoms with van der Waals surface area (Å²) in [7, 11) is 4.80. The number of carbonyl (C=O) groups is 1. The lowest BCUT2D eigenvalue weighted by Gasteiger charge is -2.11. The van der Waals surface area contributed by atoms with Gasteiger partial charge in [0.2, 0.25) is 0 Å². The van der Waals surface area contributed by atoms with Crippen LogP contribution in [0.1, 0.15) is 15.9 Å². The Balaban J connectivity index is 1.57. The third-order valence-electron chi connectivity index (χ3n) is 4.30. The van der Waals surface area contributed by atoms with Crippen LogP contribution >= 0.6 is 0 Å². The number of nitrogens with zero attached hydrogens (tertiary/aromatic N) is 1. The van der Waals surface area contributed by atoms with Crippen LogP contribution in [0.5, 0.6) is 17.2 Å². The van der Waals surface area contributed by atoms with E-state index < -0.39 is 0 Å². The van der Waals surface area contributed by atoms with Gasteiger partial charge < -0.3 is 24.8 Å². The van der Waals surface area contributed by atoms with E-state index in [1.54, 1.807) is 57.9 Å². The minimum absolute atomic E-state index is 0.208. The normalized spacial score (nSPS) is 10.2. The maximum Gasteiger partial charge on any atom is 0.255 e. The van der Waals surface area contributed by atoms with Crippen LogP contribution in [0.4, 0.5) is 11.5 Å². The fraction of sp³-hybridized carbons (Fsp3) is 0.182. The predicted molar refractivity (Wildman–Crippen MR) is 112 cm³/mol. The molecule has 0 saturated heterocycles. The highest BCUT2D eigenvalue weighted by atomic mass is 16.5. The fourth-order valence-electron chi connectivity index (χ4n) is 2.70. The molecule has 0 spiro atoms. The van der Waals surface area contributed by atoms with E-state index in [0.717, 1.165) is 5.56 Å². The van der Waals surface area contributed by atoms with Crippen molar-refractivity contribution in [2.24, 2.45) is 0 Å². The Morgan fingerprint density at radius 3 is 2.28 bits per heavy atom. The lowest BCUT2D eigenvalue weighted by molar-refractivity contribution is 0.102. The van der Waals surface area contributed by atoms with Crippen molar-refractivity contribution in [2.45, 2.75) is 6.54 Å². The average Bonchev–Trinajstić information content (AvgIpc) is 2.78. The number of anilines is 2. The zero-order valence-electron chi connectivity index (χ0n) is 16.6. The molecular formula is C22H23N3O4. The molecule has 0 bridgehead atoms. The topological polar surface area (TPSA) is 81.7 Å². The quantitative estimate of drug-likeness (QED) is 0.603. The van der Waals surface area contributed by atoms with Crippen LogP contribution in [0.25, 0.3) is 0 Å². The number of carbonyl (C=O) groups excluding carboxylic acids is 1. The monoisotopic (exact) mass is 393 g/mol. The first-order chi connectivity index (χ1) is 14.1. The molecule has 3 aromatic rings. The zero-order chi connectivity index (χ0) is 20.6. The number of ether oxygens (including phenoxy) is 3. The molecular weight excluding hydrogens is 370 g/mol. The van der Waals surface area contributed by atoms with Gasteiger partial charge in [-0.05, 0) is 54.1 Å². The van der Waals surface area contributed by atoms with Gasteiger partial charge in [-0.2, -0.15) is 0 Å². The van der Waals surface area contributed by atoms with Gasteiger partial charge in [0.05, 0.1) is 33.2 Å². The third-order valence-corrected chi connectivity index (χ3v) is 4.30. The molecule has 0 fully saturated rings. The second-order valence-electron chi connectivity index (χ2n) is 6.16. The van der Waals surface area contributed by atoms with Gasteiger partial charge in [0, 0.05) is 12.1 Å². The minimum Gasteiger partial charge on any atom is -0.497 e. The van der Waals surface area contributed by atoms with Gasteiger partial charge >= 0.3 is 0 Å². The van der Waals surface area contributed by atoms with E-state index in [-0.39, 0.29) is 5.91 Å². The molecule has 0 atom stereocenters. The Morgan fingerprint density at radius 1 is 0.897 bits per heavy atom. The van der Waals surface area contributed by atoms with Gasteiger partial charge in [-0.3, -0.25) is 4.79 Å². The lowest BCUT2D eigenvalue weighted by Crippen LogP contribution is -2.12. The Bertz CT molecular complexity index is 957. The van der Waals surface area contributed by atoms with Crippen molar-refractivity contribution in [3.63, 3.8) is 0 Å². The van der Waals surface area contributed by atoms with Gasteiger partial charge in [0.25, 0.3) is 5.91 Å². The van der Waals surface area contributed by atoms with Gasteiger partial charge in [-0.15, -0.1) is 0 Å². The number of rotatable bonds is 8. The van der Waals surface area contributed by atoms with Crippen LogP contribution in [0.15, 0.2) is 60.8 Å². The summed E-state index contributed by atoms with van der Waals surface area (Å²) in [6.07, 6.45) is 1.61. The number of amides is 1. The minimum atomic E-state index is -0.208. The summed E-state index contributed by atoms with van der Waals surface area (Å²) in [5, 5.41) is 6.06. The molecule has 2 aromatic carbocycles. The summed E-state index contributed by atoms with van der Waals surface area (Å²) in [6, 6.07) is 16.2. The van der Waals surface area contributed by atoms with E-state index in [4.69, 9.17) is 14.2 Å². The summed E-state index contributed by atoms with van der Waals surface area (Å²) in [5.74, 6) is 2.55. The smallest absolute Gasteiger partial charge is 0.255 e. The number of benzene rings is 2. The predicted octanol–water partition coefficient (Wildman–Crippen LogP) is 3.97. The average molecular weight is 393 g/mol. The molecule has 7 heteroatoms. The maximum absolute atomic E-state index is 12.3. The molecule has 150 valence electrons. The van der Waals surface area contributed by atoms with Gasteiger partial charge in [0.15, 0.2) is 11.5 Å². The van der Waals surface area contributed by atoms with Gasteiger partial charge in [-0.25, -0.2) is 4.98 Å². The Labute approximate surface area is 169 Å². The highest BCUT2D eigenvalue weighted by Gasteiger charge is 2.07. The van der Waals surface area contributed by atoms with Crippen molar-refractivity contribution in [2.75, 3.05) is 32.0 Å². The number of hydrogen-bond acceptors (Lipinski definition) is 6. The molecule has 1 aromatic heterocycles. The molecule has 29 heavy (non-hydrogen) atoms. The highest BCUT2D eigenvalue weighted by molar-refractivity contribution is 6.04. The second-order valence-corrected chi connectivity index (χ2v) is 6.16. The standard InChI is InChI=1S/C22H23N3O4/c1-27-18-8-5-16(6-9-18)22(26)25-17-7-11-21(24-14-17)23-13-15-4-10-19(28-2)20(12-15)29-3/h4-12,14H,13H2,1-3H3,(H,23,24)(H,25,26). The summed E-state index contributed by atoms with van der Waals surface area (Å²) in [5.41, 5.74) is 2.19. The third kappa shape index (κ3) is 5.16. The van der Waals surface area contributed by atoms with Gasteiger partial charge in [-0.1, -0.05) is 6.07 Å². The molecule has 1 amide bonds. The highest BCUT2D eigenvalue weighted by Crippen LogP contribution is 2.27. The van der Waals surface area contributed by atoms with E-state index >= 15 is 0 Å². The molecule has 0 unspecified atom stereocenters. The summed E-state index contributed by atoms with van der Waals surface area (Å²) < 4.78 is 15.7. The molecule has 3 rings (SSSR count). The maximum atomic E-state index is 12.3. The van der Waals surface area contributed by atoms with Crippen molar-refractivity contribution in [1.82, 2.24) is 4.98 Å². The van der Waals surface area contributed by atoms with Crippen LogP contribution in [0, 0.1) is 0 Å². The SMILES string of the molecule is COc1ccc(C(=O)Nc2ccc(NCc3ccc(OC)c(OC)c3)nc2)cc1. The van der Waals surface area contributed by atoms with E-state index in [9.17, 15) is 4.79 Å². The van der Waals surface area contributed by atoms with Crippen LogP contribution in [0.2, 0.25) is 0 Å². The lowest BCUT2D eigenvalue weighted by atomic mass is 10.2. The number of aromatic nitrogens is 1. The van der Waals surface area contributed by atoms with E-state index in [1.165, 1.54) is 0 Å². The summed E-state index contributed by atoms with van der Waals surface area (Å²) in [6.45, 7) is 0.574. The van der Waals surface area contributed by atoms with Crippen molar-refractivity contribution in [3.8, 4) is 17.2 Å². The van der Waals surface area contributed by atoms with Crippen molar-refractivity contribution >= 4 is 17.4 Å². The number of hydrogen-bond donors (Lipinski definition) is 2. The van der Waals surface area contributed by atoms with E-state index in [1.807, 2.05) is 24.3 Å². The van der Waals surface area contributed by atoms with Crippen LogP contribution < -0.4 is 24.8 Å². The zero-order valence-corrected chi connectivity index (χ0v) is 16.6. The molecule has 2 N–H and O–H groups in total. The molecule has 0 radical (unpaired) electrons. The summed E-state index contributed by atoms with van der Waals surface area (Å²) in [4.78, 5) is 16.6. The Hall–Kier alpha value is -3.74. The molecule has 7 nitrogen and oxygen atoms in total. The van der Waals surface area contributed by atoms with E-state index in [2.05, 4.69) is 15.6 Å². The molecule has 1 heterocycles. The Morgan fingerprint density at radius 2 is 1.66 bits per heavy atom. The molecule has 0 aliphatic carbocycles. The number of nitrogens with one attached hydrogen (secondary N) is 2. The Kier molecular flexibility index (Phi) is 6.52. The van der Waals surface area contributed by atoms with Crippen molar-refractivity contribution in [1.29, 1.82) is 0 Å². The van der Waals surface area contributed by atoms with Crippen molar-refractivity contribution < 1.29 is 19.0 Å². The summed E-state index contributed by atoms with van der Waals surface area (Å²) >= 11 is 0. The molecule has 0 aliphatic rings. The van der Waals surface area contributed by atoms with Crippen LogP contribution in [-0.4, -0.2) is 32.2 Å². The van der Waals surface area contributed by atoms with Crippen LogP contribution in [-0.2, 0) is 6.54 Å².